The molecule has 6 nitrogen and oxygen atoms in total. The Kier molecular flexibility index (Phi) is 4.34. The molecule has 1 fully saturated rings. The molecule has 1 atom stereocenters. The minimum Gasteiger partial charge on any atom is -0.373 e. The van der Waals surface area contributed by atoms with Crippen molar-refractivity contribution >= 4 is 11.4 Å². The van der Waals surface area contributed by atoms with Crippen LogP contribution in [-0.4, -0.2) is 44.3 Å². The predicted molar refractivity (Wildman–Crippen MR) is 73.7 cm³/mol. The van der Waals surface area contributed by atoms with Gasteiger partial charge in [0.05, 0.1) is 17.6 Å². The summed E-state index contributed by atoms with van der Waals surface area (Å²) in [5, 5.41) is 14.1. The average molecular weight is 265 g/mol. The zero-order valence-electron chi connectivity index (χ0n) is 11.3. The topological polar surface area (TPSA) is 67.6 Å². The van der Waals surface area contributed by atoms with E-state index >= 15 is 0 Å². The number of nitro groups is 1. The molecule has 0 saturated carbocycles. The number of anilines is 1. The normalized spacial score (nSPS) is 19.5. The van der Waals surface area contributed by atoms with E-state index in [0.29, 0.717) is 12.2 Å². The van der Waals surface area contributed by atoms with Crippen LogP contribution in [0.25, 0.3) is 0 Å². The number of aryl methyl sites for hydroxylation is 1. The van der Waals surface area contributed by atoms with Crippen LogP contribution in [0.3, 0.4) is 0 Å². The summed E-state index contributed by atoms with van der Waals surface area (Å²) in [5.74, 6) is 0. The van der Waals surface area contributed by atoms with Gasteiger partial charge in [-0.1, -0.05) is 6.07 Å². The lowest BCUT2D eigenvalue weighted by atomic mass is 10.1. The fourth-order valence-electron chi connectivity index (χ4n) is 2.30. The molecule has 1 aromatic rings. The number of likely N-dealkylation sites (N-methyl/N-ethyl adjacent to an activating group) is 1. The Hall–Kier alpha value is -1.66. The summed E-state index contributed by atoms with van der Waals surface area (Å²) >= 11 is 0. The summed E-state index contributed by atoms with van der Waals surface area (Å²) in [4.78, 5) is 12.8. The van der Waals surface area contributed by atoms with Gasteiger partial charge in [-0.2, -0.15) is 0 Å². The second-order valence-corrected chi connectivity index (χ2v) is 4.72. The number of hydrogen-bond acceptors (Lipinski definition) is 5. The molecule has 1 saturated heterocycles. The number of ether oxygens (including phenoxy) is 1. The third kappa shape index (κ3) is 3.21. The quantitative estimate of drug-likeness (QED) is 0.657. The third-order valence-electron chi connectivity index (χ3n) is 3.33. The minimum atomic E-state index is -0.329. The van der Waals surface area contributed by atoms with Gasteiger partial charge in [0.2, 0.25) is 0 Å². The molecular weight excluding hydrogens is 246 g/mol. The highest BCUT2D eigenvalue weighted by atomic mass is 16.6. The van der Waals surface area contributed by atoms with Gasteiger partial charge in [-0.3, -0.25) is 10.1 Å². The zero-order chi connectivity index (χ0) is 13.8. The second-order valence-electron chi connectivity index (χ2n) is 4.72. The summed E-state index contributed by atoms with van der Waals surface area (Å²) in [5.41, 5.74) is 1.75. The van der Waals surface area contributed by atoms with E-state index < -0.39 is 0 Å². The van der Waals surface area contributed by atoms with Gasteiger partial charge in [0.1, 0.15) is 0 Å². The lowest BCUT2D eigenvalue weighted by Crippen LogP contribution is -2.46. The molecule has 1 aliphatic rings. The molecule has 1 unspecified atom stereocenters. The molecule has 0 amide bonds. The SMILES string of the molecule is CNCC1CN(c2ccc(C)c([N+](=O)[O-])c2)CCO1. The van der Waals surface area contributed by atoms with Crippen molar-refractivity contribution < 1.29 is 9.66 Å². The van der Waals surface area contributed by atoms with E-state index in [1.165, 1.54) is 0 Å². The van der Waals surface area contributed by atoms with Gasteiger partial charge < -0.3 is 15.0 Å². The number of nitrogens with zero attached hydrogens (tertiary/aromatic N) is 2. The van der Waals surface area contributed by atoms with E-state index in [-0.39, 0.29) is 16.7 Å². The first-order valence-corrected chi connectivity index (χ1v) is 6.38. The Bertz CT molecular complexity index is 462. The number of nitro benzene ring substituents is 1. The maximum Gasteiger partial charge on any atom is 0.274 e. The van der Waals surface area contributed by atoms with E-state index in [4.69, 9.17) is 4.74 Å². The minimum absolute atomic E-state index is 0.124. The van der Waals surface area contributed by atoms with Crippen LogP contribution >= 0.6 is 0 Å². The van der Waals surface area contributed by atoms with Crippen LogP contribution in [0.5, 0.6) is 0 Å². The predicted octanol–water partition coefficient (Wildman–Crippen LogP) is 1.33. The molecule has 1 N–H and O–H groups in total. The summed E-state index contributed by atoms with van der Waals surface area (Å²) in [6, 6.07) is 5.39. The molecular formula is C13H19N3O3. The van der Waals surface area contributed by atoms with Gasteiger partial charge >= 0.3 is 0 Å². The Morgan fingerprint density at radius 3 is 3.05 bits per heavy atom. The highest BCUT2D eigenvalue weighted by Crippen LogP contribution is 2.26. The average Bonchev–Trinajstić information content (AvgIpc) is 2.39. The molecule has 0 aliphatic carbocycles. The van der Waals surface area contributed by atoms with Crippen molar-refractivity contribution in [3.8, 4) is 0 Å². The van der Waals surface area contributed by atoms with Gasteiger partial charge in [0.25, 0.3) is 5.69 Å². The van der Waals surface area contributed by atoms with E-state index in [1.54, 1.807) is 19.1 Å². The summed E-state index contributed by atoms with van der Waals surface area (Å²) in [6.07, 6.45) is 0.124. The van der Waals surface area contributed by atoms with Crippen LogP contribution in [-0.2, 0) is 4.74 Å². The van der Waals surface area contributed by atoms with Crippen molar-refractivity contribution in [3.63, 3.8) is 0 Å². The molecule has 104 valence electrons. The lowest BCUT2D eigenvalue weighted by molar-refractivity contribution is -0.385. The first-order chi connectivity index (χ1) is 9.11. The first kappa shape index (κ1) is 13.8. The van der Waals surface area contributed by atoms with Crippen molar-refractivity contribution in [1.82, 2.24) is 5.32 Å². The smallest absolute Gasteiger partial charge is 0.274 e. The second kappa shape index (κ2) is 5.99. The Morgan fingerprint density at radius 1 is 1.58 bits per heavy atom. The maximum atomic E-state index is 11.0. The van der Waals surface area contributed by atoms with Gasteiger partial charge in [-0.25, -0.2) is 0 Å². The Balaban J connectivity index is 2.17. The maximum absolute atomic E-state index is 11.0. The number of hydrogen-bond donors (Lipinski definition) is 1. The highest BCUT2D eigenvalue weighted by Gasteiger charge is 2.22. The summed E-state index contributed by atoms with van der Waals surface area (Å²) in [6.45, 7) is 4.70. The van der Waals surface area contributed by atoms with Crippen molar-refractivity contribution in [1.29, 1.82) is 0 Å². The van der Waals surface area contributed by atoms with E-state index in [0.717, 1.165) is 25.3 Å². The van der Waals surface area contributed by atoms with Gasteiger partial charge in [0, 0.05) is 37.0 Å². The van der Waals surface area contributed by atoms with Crippen molar-refractivity contribution in [2.45, 2.75) is 13.0 Å². The number of benzene rings is 1. The van der Waals surface area contributed by atoms with Gasteiger partial charge in [0.15, 0.2) is 0 Å². The van der Waals surface area contributed by atoms with Crippen LogP contribution in [0.4, 0.5) is 11.4 Å². The third-order valence-corrected chi connectivity index (χ3v) is 3.33. The molecule has 19 heavy (non-hydrogen) atoms. The first-order valence-electron chi connectivity index (χ1n) is 6.38. The number of rotatable bonds is 4. The molecule has 1 aromatic carbocycles. The van der Waals surface area contributed by atoms with Crippen molar-refractivity contribution in [2.75, 3.05) is 38.2 Å². The highest BCUT2D eigenvalue weighted by molar-refractivity contribution is 5.56. The van der Waals surface area contributed by atoms with Crippen LogP contribution in [0.1, 0.15) is 5.56 Å². The van der Waals surface area contributed by atoms with E-state index in [1.807, 2.05) is 13.1 Å². The van der Waals surface area contributed by atoms with Crippen molar-refractivity contribution in [3.05, 3.63) is 33.9 Å². The molecule has 2 rings (SSSR count). The molecule has 1 aliphatic heterocycles. The van der Waals surface area contributed by atoms with Gasteiger partial charge in [-0.05, 0) is 20.0 Å². The fraction of sp³-hybridized carbons (Fsp3) is 0.538. The van der Waals surface area contributed by atoms with Crippen molar-refractivity contribution in [2.24, 2.45) is 0 Å². The standard InChI is InChI=1S/C13H19N3O3/c1-10-3-4-11(7-13(10)16(17)18)15-5-6-19-12(9-15)8-14-2/h3-4,7,12,14H,5-6,8-9H2,1-2H3. The molecule has 0 radical (unpaired) electrons. The largest absolute Gasteiger partial charge is 0.373 e. The molecule has 0 spiro atoms. The van der Waals surface area contributed by atoms with Crippen LogP contribution in [0.15, 0.2) is 18.2 Å². The summed E-state index contributed by atoms with van der Waals surface area (Å²) in [7, 11) is 1.89. The molecule has 0 aromatic heterocycles. The number of nitrogens with one attached hydrogen (secondary N) is 1. The monoisotopic (exact) mass is 265 g/mol. The fourth-order valence-corrected chi connectivity index (χ4v) is 2.30. The molecule has 0 bridgehead atoms. The Morgan fingerprint density at radius 2 is 2.37 bits per heavy atom. The van der Waals surface area contributed by atoms with Crippen LogP contribution in [0.2, 0.25) is 0 Å². The summed E-state index contributed by atoms with van der Waals surface area (Å²) < 4.78 is 5.63. The molecule has 6 heteroatoms. The van der Waals surface area contributed by atoms with Gasteiger partial charge in [-0.15, -0.1) is 0 Å². The zero-order valence-corrected chi connectivity index (χ0v) is 11.3. The lowest BCUT2D eigenvalue weighted by Gasteiger charge is -2.34. The van der Waals surface area contributed by atoms with Crippen LogP contribution in [0, 0.1) is 17.0 Å². The van der Waals surface area contributed by atoms with E-state index in [9.17, 15) is 10.1 Å². The van der Waals surface area contributed by atoms with E-state index in [2.05, 4.69) is 10.2 Å². The molecule has 1 heterocycles. The Labute approximate surface area is 112 Å². The number of morpholine rings is 1. The van der Waals surface area contributed by atoms with Crippen LogP contribution < -0.4 is 10.2 Å².